The molecule has 0 aliphatic rings. The Morgan fingerprint density at radius 3 is 2.22 bits per heavy atom. The molecule has 98 valence electrons. The number of hydrogen-bond donors (Lipinski definition) is 0. The quantitative estimate of drug-likeness (QED) is 0.776. The van der Waals surface area contributed by atoms with Crippen LogP contribution in [-0.2, 0) is 12.0 Å². The van der Waals surface area contributed by atoms with Gasteiger partial charge in [0.15, 0.2) is 5.65 Å². The van der Waals surface area contributed by atoms with E-state index in [0.717, 1.165) is 23.3 Å². The SMILES string of the molecule is CC(C)(C)Cc1ncnc2c1ncn2C(C)(C)C. The lowest BCUT2D eigenvalue weighted by Crippen LogP contribution is -2.21. The van der Waals surface area contributed by atoms with E-state index in [2.05, 4.69) is 61.1 Å². The summed E-state index contributed by atoms with van der Waals surface area (Å²) in [5.41, 5.74) is 3.09. The van der Waals surface area contributed by atoms with E-state index in [1.54, 1.807) is 6.33 Å². The van der Waals surface area contributed by atoms with Crippen LogP contribution < -0.4 is 0 Å². The minimum absolute atomic E-state index is 0.0118. The lowest BCUT2D eigenvalue weighted by molar-refractivity contribution is 0.404. The number of fused-ring (bicyclic) bond motifs is 1. The molecular weight excluding hydrogens is 224 g/mol. The zero-order valence-electron chi connectivity index (χ0n) is 12.2. The minimum Gasteiger partial charge on any atom is -0.310 e. The molecule has 2 aromatic heterocycles. The maximum absolute atomic E-state index is 4.51. The first-order chi connectivity index (χ1) is 8.18. The summed E-state index contributed by atoms with van der Waals surface area (Å²) in [7, 11) is 0. The Hall–Kier alpha value is -1.45. The summed E-state index contributed by atoms with van der Waals surface area (Å²) < 4.78 is 2.11. The second kappa shape index (κ2) is 4.04. The molecule has 0 saturated heterocycles. The van der Waals surface area contributed by atoms with Gasteiger partial charge >= 0.3 is 0 Å². The van der Waals surface area contributed by atoms with Crippen LogP contribution in [0, 0.1) is 5.41 Å². The van der Waals surface area contributed by atoms with E-state index in [9.17, 15) is 0 Å². The summed E-state index contributed by atoms with van der Waals surface area (Å²) in [5, 5.41) is 0. The Kier molecular flexibility index (Phi) is 2.92. The third kappa shape index (κ3) is 2.52. The fourth-order valence-electron chi connectivity index (χ4n) is 2.01. The molecule has 0 saturated carbocycles. The maximum Gasteiger partial charge on any atom is 0.163 e. The monoisotopic (exact) mass is 246 g/mol. The molecule has 0 atom stereocenters. The highest BCUT2D eigenvalue weighted by Crippen LogP contribution is 2.25. The number of nitrogens with zero attached hydrogens (tertiary/aromatic N) is 4. The van der Waals surface area contributed by atoms with Crippen molar-refractivity contribution in [2.75, 3.05) is 0 Å². The summed E-state index contributed by atoms with van der Waals surface area (Å²) in [6, 6.07) is 0. The highest BCUT2D eigenvalue weighted by Gasteiger charge is 2.21. The van der Waals surface area contributed by atoms with E-state index >= 15 is 0 Å². The smallest absolute Gasteiger partial charge is 0.163 e. The molecule has 0 radical (unpaired) electrons. The van der Waals surface area contributed by atoms with Crippen LogP contribution >= 0.6 is 0 Å². The molecule has 0 unspecified atom stereocenters. The zero-order valence-corrected chi connectivity index (χ0v) is 12.2. The summed E-state index contributed by atoms with van der Waals surface area (Å²) >= 11 is 0. The van der Waals surface area contributed by atoms with Gasteiger partial charge in [0.05, 0.1) is 12.0 Å². The third-order valence-corrected chi connectivity index (χ3v) is 2.83. The van der Waals surface area contributed by atoms with E-state index in [-0.39, 0.29) is 11.0 Å². The van der Waals surface area contributed by atoms with Gasteiger partial charge in [0, 0.05) is 5.54 Å². The van der Waals surface area contributed by atoms with Crippen LogP contribution in [0.15, 0.2) is 12.7 Å². The topological polar surface area (TPSA) is 43.6 Å². The number of aromatic nitrogens is 4. The number of hydrogen-bond acceptors (Lipinski definition) is 3. The second-order valence-corrected chi connectivity index (χ2v) is 7.02. The lowest BCUT2D eigenvalue weighted by atomic mass is 9.90. The lowest BCUT2D eigenvalue weighted by Gasteiger charge is -2.21. The summed E-state index contributed by atoms with van der Waals surface area (Å²) in [4.78, 5) is 13.3. The molecule has 0 bridgehead atoms. The fraction of sp³-hybridized carbons (Fsp3) is 0.643. The summed E-state index contributed by atoms with van der Waals surface area (Å²) in [5.74, 6) is 0. The van der Waals surface area contributed by atoms with Gasteiger partial charge in [0.2, 0.25) is 0 Å². The molecule has 0 N–H and O–H groups in total. The first-order valence-corrected chi connectivity index (χ1v) is 6.36. The van der Waals surface area contributed by atoms with Crippen LogP contribution in [0.2, 0.25) is 0 Å². The predicted octanol–water partition coefficient (Wildman–Crippen LogP) is 3.17. The zero-order chi connectivity index (χ0) is 13.6. The van der Waals surface area contributed by atoms with Crippen LogP contribution in [0.3, 0.4) is 0 Å². The van der Waals surface area contributed by atoms with Crippen LogP contribution in [0.1, 0.15) is 47.2 Å². The van der Waals surface area contributed by atoms with Crippen LogP contribution in [0.25, 0.3) is 11.2 Å². The minimum atomic E-state index is -0.0118. The van der Waals surface area contributed by atoms with Crippen LogP contribution in [0.5, 0.6) is 0 Å². The largest absolute Gasteiger partial charge is 0.310 e. The van der Waals surface area contributed by atoms with Crippen molar-refractivity contribution < 1.29 is 0 Å². The third-order valence-electron chi connectivity index (χ3n) is 2.83. The number of rotatable bonds is 1. The molecule has 0 aliphatic carbocycles. The molecule has 0 spiro atoms. The normalized spacial score (nSPS) is 13.2. The molecule has 2 heterocycles. The van der Waals surface area contributed by atoms with E-state index in [1.165, 1.54) is 0 Å². The van der Waals surface area contributed by atoms with Crippen LogP contribution in [-0.4, -0.2) is 19.5 Å². The molecule has 18 heavy (non-hydrogen) atoms. The second-order valence-electron chi connectivity index (χ2n) is 7.02. The van der Waals surface area contributed by atoms with Gasteiger partial charge in [0.25, 0.3) is 0 Å². The Morgan fingerprint density at radius 2 is 1.67 bits per heavy atom. The molecule has 2 aromatic rings. The van der Waals surface area contributed by atoms with Crippen molar-refractivity contribution in [1.82, 2.24) is 19.5 Å². The van der Waals surface area contributed by atoms with Gasteiger partial charge < -0.3 is 4.57 Å². The van der Waals surface area contributed by atoms with Gasteiger partial charge in [-0.05, 0) is 32.6 Å². The Labute approximate surface area is 108 Å². The van der Waals surface area contributed by atoms with Crippen LogP contribution in [0.4, 0.5) is 0 Å². The van der Waals surface area contributed by atoms with Crippen molar-refractivity contribution in [1.29, 1.82) is 0 Å². The van der Waals surface area contributed by atoms with E-state index in [0.29, 0.717) is 0 Å². The van der Waals surface area contributed by atoms with Gasteiger partial charge in [-0.1, -0.05) is 20.8 Å². The van der Waals surface area contributed by atoms with Gasteiger partial charge in [0.1, 0.15) is 11.8 Å². The maximum atomic E-state index is 4.51. The summed E-state index contributed by atoms with van der Waals surface area (Å²) in [6.45, 7) is 13.1. The Morgan fingerprint density at radius 1 is 1.00 bits per heavy atom. The van der Waals surface area contributed by atoms with Gasteiger partial charge in [-0.15, -0.1) is 0 Å². The highest BCUT2D eigenvalue weighted by atomic mass is 15.2. The van der Waals surface area contributed by atoms with Crippen molar-refractivity contribution in [3.05, 3.63) is 18.3 Å². The Bertz CT molecular complexity index is 555. The Balaban J connectivity index is 2.56. The fourth-order valence-corrected chi connectivity index (χ4v) is 2.01. The van der Waals surface area contributed by atoms with Crippen molar-refractivity contribution in [3.63, 3.8) is 0 Å². The van der Waals surface area contributed by atoms with Crippen molar-refractivity contribution in [3.8, 4) is 0 Å². The first kappa shape index (κ1) is 13.0. The molecule has 2 rings (SSSR count). The highest BCUT2D eigenvalue weighted by molar-refractivity contribution is 5.73. The van der Waals surface area contributed by atoms with Gasteiger partial charge in [-0.2, -0.15) is 0 Å². The predicted molar refractivity (Wildman–Crippen MR) is 73.5 cm³/mol. The summed E-state index contributed by atoms with van der Waals surface area (Å²) in [6.07, 6.45) is 4.42. The molecule has 4 nitrogen and oxygen atoms in total. The van der Waals surface area contributed by atoms with Crippen molar-refractivity contribution in [2.24, 2.45) is 5.41 Å². The first-order valence-electron chi connectivity index (χ1n) is 6.36. The molecule has 0 aliphatic heterocycles. The number of imidazole rings is 1. The molecule has 4 heteroatoms. The van der Waals surface area contributed by atoms with Gasteiger partial charge in [-0.25, -0.2) is 15.0 Å². The standard InChI is InChI=1S/C14H22N4/c1-13(2,3)7-10-11-12(16-8-15-10)18(9-17-11)14(4,5)6/h8-9H,7H2,1-6H3. The average molecular weight is 246 g/mol. The molecule has 0 amide bonds. The average Bonchev–Trinajstić information content (AvgIpc) is 2.58. The molecular formula is C14H22N4. The van der Waals surface area contributed by atoms with E-state index in [1.807, 2.05) is 6.33 Å². The molecule has 0 fully saturated rings. The van der Waals surface area contributed by atoms with E-state index in [4.69, 9.17) is 0 Å². The van der Waals surface area contributed by atoms with Gasteiger partial charge in [-0.3, -0.25) is 0 Å². The van der Waals surface area contributed by atoms with Crippen molar-refractivity contribution >= 4 is 11.2 Å². The molecule has 0 aromatic carbocycles. The van der Waals surface area contributed by atoms with Crippen molar-refractivity contribution in [2.45, 2.75) is 53.5 Å². The van der Waals surface area contributed by atoms with E-state index < -0.39 is 0 Å².